The molecule has 1 aromatic rings. The molecule has 1 aromatic carbocycles. The molecular weight excluding hydrogens is 210 g/mol. The van der Waals surface area contributed by atoms with Crippen molar-refractivity contribution in [3.8, 4) is 0 Å². The van der Waals surface area contributed by atoms with Gasteiger partial charge < -0.3 is 16.0 Å². The fourth-order valence-corrected chi connectivity index (χ4v) is 3.25. The Labute approximate surface area is 103 Å². The molecule has 2 aliphatic rings. The van der Waals surface area contributed by atoms with E-state index in [1.54, 1.807) is 0 Å². The molecule has 2 heterocycles. The molecule has 2 atom stereocenters. The second kappa shape index (κ2) is 4.77. The summed E-state index contributed by atoms with van der Waals surface area (Å²) in [5.41, 5.74) is 1.71. The zero-order valence-corrected chi connectivity index (χ0v) is 10.2. The lowest BCUT2D eigenvalue weighted by Gasteiger charge is -2.48. The Hall–Kier alpha value is -0.900. The number of piperazine rings is 1. The summed E-state index contributed by atoms with van der Waals surface area (Å²) in [4.78, 5) is 0. The maximum Gasteiger partial charge on any atom is 0.0400 e. The molecule has 3 heteroatoms. The van der Waals surface area contributed by atoms with Crippen LogP contribution in [0.1, 0.15) is 17.9 Å². The molecular formula is C14H21N3. The van der Waals surface area contributed by atoms with Gasteiger partial charge in [0.15, 0.2) is 0 Å². The van der Waals surface area contributed by atoms with Gasteiger partial charge in [0, 0.05) is 37.6 Å². The van der Waals surface area contributed by atoms with Crippen molar-refractivity contribution in [3.63, 3.8) is 0 Å². The van der Waals surface area contributed by atoms with Crippen molar-refractivity contribution in [2.45, 2.75) is 17.9 Å². The summed E-state index contributed by atoms with van der Waals surface area (Å²) < 4.78 is 0. The molecule has 92 valence electrons. The van der Waals surface area contributed by atoms with Crippen LogP contribution in [0.3, 0.4) is 0 Å². The minimum absolute atomic E-state index is 0.255. The van der Waals surface area contributed by atoms with E-state index in [9.17, 15) is 0 Å². The Kier molecular flexibility index (Phi) is 3.14. The monoisotopic (exact) mass is 231 g/mol. The lowest BCUT2D eigenvalue weighted by Crippen LogP contribution is -2.66. The van der Waals surface area contributed by atoms with Gasteiger partial charge in [-0.15, -0.1) is 0 Å². The van der Waals surface area contributed by atoms with E-state index in [1.807, 2.05) is 0 Å². The predicted octanol–water partition coefficient (Wildman–Crippen LogP) is 0.695. The Morgan fingerprint density at radius 3 is 2.65 bits per heavy atom. The van der Waals surface area contributed by atoms with E-state index in [1.165, 1.54) is 12.0 Å². The van der Waals surface area contributed by atoms with Crippen LogP contribution in [-0.2, 0) is 0 Å². The minimum Gasteiger partial charge on any atom is -0.316 e. The molecule has 0 bridgehead atoms. The van der Waals surface area contributed by atoms with Gasteiger partial charge in [0.1, 0.15) is 0 Å². The van der Waals surface area contributed by atoms with E-state index in [0.29, 0.717) is 5.92 Å². The Morgan fingerprint density at radius 2 is 1.88 bits per heavy atom. The Bertz CT molecular complexity index is 349. The number of rotatable bonds is 1. The molecule has 1 spiro atoms. The smallest absolute Gasteiger partial charge is 0.0400 e. The van der Waals surface area contributed by atoms with Gasteiger partial charge in [0.05, 0.1) is 0 Å². The predicted molar refractivity (Wildman–Crippen MR) is 70.3 cm³/mol. The first kappa shape index (κ1) is 11.2. The molecule has 0 aromatic heterocycles. The van der Waals surface area contributed by atoms with Crippen molar-refractivity contribution in [1.82, 2.24) is 16.0 Å². The molecule has 2 aliphatic heterocycles. The summed E-state index contributed by atoms with van der Waals surface area (Å²) in [7, 11) is 0. The molecule has 0 amide bonds. The highest BCUT2D eigenvalue weighted by Crippen LogP contribution is 2.33. The van der Waals surface area contributed by atoms with Crippen molar-refractivity contribution in [2.75, 3.05) is 32.7 Å². The molecule has 0 radical (unpaired) electrons. The highest BCUT2D eigenvalue weighted by Gasteiger charge is 2.41. The zero-order chi connectivity index (χ0) is 11.6. The maximum atomic E-state index is 3.78. The van der Waals surface area contributed by atoms with E-state index in [2.05, 4.69) is 46.3 Å². The van der Waals surface area contributed by atoms with Gasteiger partial charge in [-0.25, -0.2) is 0 Å². The van der Waals surface area contributed by atoms with Crippen molar-refractivity contribution < 1.29 is 0 Å². The van der Waals surface area contributed by atoms with Crippen LogP contribution in [0.15, 0.2) is 30.3 Å². The normalized spacial score (nSPS) is 33.8. The number of nitrogens with one attached hydrogen (secondary N) is 3. The van der Waals surface area contributed by atoms with Crippen LogP contribution in [0.2, 0.25) is 0 Å². The van der Waals surface area contributed by atoms with Gasteiger partial charge in [-0.3, -0.25) is 0 Å². The molecule has 2 saturated heterocycles. The van der Waals surface area contributed by atoms with Gasteiger partial charge >= 0.3 is 0 Å². The topological polar surface area (TPSA) is 36.1 Å². The highest BCUT2D eigenvalue weighted by molar-refractivity contribution is 5.26. The van der Waals surface area contributed by atoms with E-state index in [4.69, 9.17) is 0 Å². The SMILES string of the molecule is c1ccc(C2CNCCC23CNCCN3)cc1. The molecule has 2 unspecified atom stereocenters. The molecule has 3 N–H and O–H groups in total. The van der Waals surface area contributed by atoms with Crippen LogP contribution in [-0.4, -0.2) is 38.3 Å². The van der Waals surface area contributed by atoms with Gasteiger partial charge in [-0.1, -0.05) is 30.3 Å². The van der Waals surface area contributed by atoms with Crippen LogP contribution in [0.25, 0.3) is 0 Å². The molecule has 3 nitrogen and oxygen atoms in total. The molecule has 0 saturated carbocycles. The standard InChI is InChI=1S/C14H21N3/c1-2-4-12(5-3-1)13-10-15-7-6-14(13)11-16-8-9-17-14/h1-5,13,15-17H,6-11H2. The lowest BCUT2D eigenvalue weighted by molar-refractivity contribution is 0.178. The third-order valence-electron chi connectivity index (χ3n) is 4.18. The fraction of sp³-hybridized carbons (Fsp3) is 0.571. The summed E-state index contributed by atoms with van der Waals surface area (Å²) in [5.74, 6) is 0.574. The Morgan fingerprint density at radius 1 is 1.00 bits per heavy atom. The van der Waals surface area contributed by atoms with Gasteiger partial charge in [-0.2, -0.15) is 0 Å². The van der Waals surface area contributed by atoms with Crippen LogP contribution in [0.5, 0.6) is 0 Å². The number of piperidine rings is 1. The van der Waals surface area contributed by atoms with Crippen LogP contribution < -0.4 is 16.0 Å². The molecule has 0 aliphatic carbocycles. The van der Waals surface area contributed by atoms with Crippen LogP contribution in [0, 0.1) is 0 Å². The zero-order valence-electron chi connectivity index (χ0n) is 10.2. The van der Waals surface area contributed by atoms with E-state index >= 15 is 0 Å². The summed E-state index contributed by atoms with van der Waals surface area (Å²) in [6.07, 6.45) is 1.21. The van der Waals surface area contributed by atoms with E-state index in [-0.39, 0.29) is 5.54 Å². The molecule has 17 heavy (non-hydrogen) atoms. The maximum absolute atomic E-state index is 3.78. The first-order valence-corrected chi connectivity index (χ1v) is 6.62. The average molecular weight is 231 g/mol. The van der Waals surface area contributed by atoms with Crippen molar-refractivity contribution in [2.24, 2.45) is 0 Å². The first-order valence-electron chi connectivity index (χ1n) is 6.62. The van der Waals surface area contributed by atoms with E-state index < -0.39 is 0 Å². The summed E-state index contributed by atoms with van der Waals surface area (Å²) in [6, 6.07) is 10.9. The number of hydrogen-bond acceptors (Lipinski definition) is 3. The first-order chi connectivity index (χ1) is 8.41. The van der Waals surface area contributed by atoms with Crippen molar-refractivity contribution in [3.05, 3.63) is 35.9 Å². The average Bonchev–Trinajstić information content (AvgIpc) is 2.41. The number of benzene rings is 1. The van der Waals surface area contributed by atoms with Crippen LogP contribution in [0.4, 0.5) is 0 Å². The second-order valence-corrected chi connectivity index (χ2v) is 5.18. The minimum atomic E-state index is 0.255. The third kappa shape index (κ3) is 2.10. The third-order valence-corrected chi connectivity index (χ3v) is 4.18. The summed E-state index contributed by atoms with van der Waals surface area (Å²) >= 11 is 0. The van der Waals surface area contributed by atoms with Crippen molar-refractivity contribution in [1.29, 1.82) is 0 Å². The molecule has 2 fully saturated rings. The highest BCUT2D eigenvalue weighted by atomic mass is 15.1. The quantitative estimate of drug-likeness (QED) is 0.666. The molecule has 3 rings (SSSR count). The van der Waals surface area contributed by atoms with Crippen LogP contribution >= 0.6 is 0 Å². The Balaban J connectivity index is 1.89. The van der Waals surface area contributed by atoms with Crippen molar-refractivity contribution >= 4 is 0 Å². The summed E-state index contributed by atoms with van der Waals surface area (Å²) in [5, 5.41) is 10.9. The fourth-order valence-electron chi connectivity index (χ4n) is 3.25. The van der Waals surface area contributed by atoms with Gasteiger partial charge in [-0.05, 0) is 18.5 Å². The largest absolute Gasteiger partial charge is 0.316 e. The summed E-state index contributed by atoms with van der Waals surface area (Å²) in [6.45, 7) is 5.48. The lowest BCUT2D eigenvalue weighted by atomic mass is 9.73. The van der Waals surface area contributed by atoms with Gasteiger partial charge in [0.25, 0.3) is 0 Å². The number of hydrogen-bond donors (Lipinski definition) is 3. The van der Waals surface area contributed by atoms with Gasteiger partial charge in [0.2, 0.25) is 0 Å². The second-order valence-electron chi connectivity index (χ2n) is 5.18. The van der Waals surface area contributed by atoms with E-state index in [0.717, 1.165) is 32.7 Å².